The summed E-state index contributed by atoms with van der Waals surface area (Å²) in [5.74, 6) is 4.60. The lowest BCUT2D eigenvalue weighted by atomic mass is 10.2. The lowest BCUT2D eigenvalue weighted by molar-refractivity contribution is 0.736. The van der Waals surface area contributed by atoms with Gasteiger partial charge in [0.15, 0.2) is 0 Å². The van der Waals surface area contributed by atoms with E-state index in [0.29, 0.717) is 11.8 Å². The van der Waals surface area contributed by atoms with E-state index in [2.05, 4.69) is 104 Å². The van der Waals surface area contributed by atoms with Gasteiger partial charge in [-0.3, -0.25) is 4.98 Å². The van der Waals surface area contributed by atoms with Gasteiger partial charge >= 0.3 is 0 Å². The van der Waals surface area contributed by atoms with Crippen LogP contribution in [-0.2, 0) is 0 Å². The molecule has 0 spiro atoms. The van der Waals surface area contributed by atoms with Gasteiger partial charge in [-0.25, -0.2) is 19.9 Å². The number of rotatable bonds is 2. The Hall–Kier alpha value is -3.35. The van der Waals surface area contributed by atoms with Crippen LogP contribution in [0.4, 0.5) is 0 Å². The van der Waals surface area contributed by atoms with Gasteiger partial charge in [-0.1, -0.05) is 75.3 Å². The summed E-state index contributed by atoms with van der Waals surface area (Å²) < 4.78 is 0. The molecule has 0 unspecified atom stereocenters. The van der Waals surface area contributed by atoms with Crippen LogP contribution in [0.25, 0.3) is 0 Å². The van der Waals surface area contributed by atoms with E-state index in [1.165, 1.54) is 0 Å². The first-order valence-corrected chi connectivity index (χ1v) is 12.6. The van der Waals surface area contributed by atoms with E-state index in [4.69, 9.17) is 0 Å². The first-order chi connectivity index (χ1) is 17.1. The van der Waals surface area contributed by atoms with E-state index in [1.807, 2.05) is 30.5 Å². The Bertz CT molecular complexity index is 803. The van der Waals surface area contributed by atoms with Crippen molar-refractivity contribution in [1.82, 2.24) is 34.9 Å². The third-order valence-corrected chi connectivity index (χ3v) is 3.14. The molecule has 0 atom stereocenters. The Kier molecular flexibility index (Phi) is 23.9. The molecule has 200 valence electrons. The Morgan fingerprint density at radius 2 is 1.08 bits per heavy atom. The summed E-state index contributed by atoms with van der Waals surface area (Å²) in [5.41, 5.74) is 0. The van der Waals surface area contributed by atoms with Crippen LogP contribution >= 0.6 is 0 Å². The second kappa shape index (κ2) is 24.8. The highest BCUT2D eigenvalue weighted by atomic mass is 14.9. The molecule has 2 N–H and O–H groups in total. The number of aromatic amines is 2. The molecule has 4 aromatic rings. The van der Waals surface area contributed by atoms with Crippen molar-refractivity contribution >= 4 is 0 Å². The molecule has 0 aliphatic carbocycles. The van der Waals surface area contributed by atoms with Gasteiger partial charge < -0.3 is 9.97 Å². The van der Waals surface area contributed by atoms with Gasteiger partial charge in [0.2, 0.25) is 0 Å². The van der Waals surface area contributed by atoms with Crippen molar-refractivity contribution in [2.75, 3.05) is 0 Å². The van der Waals surface area contributed by atoms with E-state index >= 15 is 0 Å². The number of nitrogens with zero attached hydrogens (tertiary/aromatic N) is 5. The summed E-state index contributed by atoms with van der Waals surface area (Å²) >= 11 is 0. The molecule has 0 bridgehead atoms. The molecule has 0 saturated heterocycles. The third kappa shape index (κ3) is 28.7. The quantitative estimate of drug-likeness (QED) is 0.294. The van der Waals surface area contributed by atoms with Gasteiger partial charge in [0.25, 0.3) is 0 Å². The molecule has 0 amide bonds. The predicted molar refractivity (Wildman–Crippen MR) is 153 cm³/mol. The van der Waals surface area contributed by atoms with E-state index in [0.717, 1.165) is 23.5 Å². The minimum Gasteiger partial charge on any atom is -0.351 e. The van der Waals surface area contributed by atoms with Crippen LogP contribution in [0.2, 0.25) is 0 Å². The molecule has 4 heterocycles. The molecule has 0 aliphatic heterocycles. The minimum atomic E-state index is 0.436. The number of imidazole rings is 2. The first-order valence-electron chi connectivity index (χ1n) is 12.6. The predicted octanol–water partition coefficient (Wildman–Crippen LogP) is 7.95. The second-order valence-corrected chi connectivity index (χ2v) is 9.64. The molecular formula is C29H49N7. The zero-order chi connectivity index (χ0) is 27.6. The normalized spacial score (nSPS) is 9.28. The fourth-order valence-corrected chi connectivity index (χ4v) is 1.73. The maximum Gasteiger partial charge on any atom is 0.130 e. The summed E-state index contributed by atoms with van der Waals surface area (Å²) in [6.07, 6.45) is 15.7. The Labute approximate surface area is 219 Å². The van der Waals surface area contributed by atoms with Crippen molar-refractivity contribution in [3.8, 4) is 0 Å². The number of aromatic nitrogens is 7. The highest BCUT2D eigenvalue weighted by Gasteiger charge is 1.97. The Balaban J connectivity index is 0. The molecular weight excluding hydrogens is 446 g/mol. The zero-order valence-electron chi connectivity index (χ0n) is 24.1. The van der Waals surface area contributed by atoms with Crippen LogP contribution in [-0.4, -0.2) is 34.9 Å². The maximum atomic E-state index is 4.07. The van der Waals surface area contributed by atoms with Crippen LogP contribution < -0.4 is 0 Å². The lowest BCUT2D eigenvalue weighted by Crippen LogP contribution is -1.93. The summed E-state index contributed by atoms with van der Waals surface area (Å²) in [5, 5.41) is 0. The van der Waals surface area contributed by atoms with Gasteiger partial charge in [-0.05, 0) is 30.0 Å². The van der Waals surface area contributed by atoms with Crippen molar-refractivity contribution in [2.24, 2.45) is 11.8 Å². The van der Waals surface area contributed by atoms with Crippen molar-refractivity contribution in [3.05, 3.63) is 91.8 Å². The van der Waals surface area contributed by atoms with Crippen LogP contribution in [0.5, 0.6) is 0 Å². The third-order valence-electron chi connectivity index (χ3n) is 3.14. The zero-order valence-corrected chi connectivity index (χ0v) is 24.1. The van der Waals surface area contributed by atoms with E-state index < -0.39 is 0 Å². The molecule has 0 aliphatic rings. The topological polar surface area (TPSA) is 96.0 Å². The van der Waals surface area contributed by atoms with Crippen LogP contribution in [0.15, 0.2) is 80.2 Å². The molecule has 7 heteroatoms. The molecule has 7 nitrogen and oxygen atoms in total. The number of hydrogen-bond donors (Lipinski definition) is 2. The molecule has 0 fully saturated rings. The first kappa shape index (κ1) is 34.8. The molecule has 4 aromatic heterocycles. The number of H-pyrrole nitrogens is 2. The number of pyridine rings is 1. The molecule has 0 radical (unpaired) electrons. The molecule has 0 aromatic carbocycles. The average molecular weight is 496 g/mol. The standard InChI is InChI=1S/C7H10N2.C6H10N2.C5H5N.2C4H10.C3H4N2/c1-6(2)7-8-4-3-5-9-7;1-5(2)6-7-3-4-8-6;1-2-4-6-5-3-1;2*1-4(2)3;1-2-5-3-4-1/h3-6H,1-2H3;3-5H,1-2H3,(H,7,8);1-5H;2*4H,1-3H3;1-3H,(H,4,5). The number of hydrogen-bond acceptors (Lipinski definition) is 5. The summed E-state index contributed by atoms with van der Waals surface area (Å²) in [4.78, 5) is 25.4. The minimum absolute atomic E-state index is 0.436. The summed E-state index contributed by atoms with van der Waals surface area (Å²) in [6.45, 7) is 21.4. The monoisotopic (exact) mass is 495 g/mol. The fraction of sp³-hybridized carbons (Fsp3) is 0.483. The van der Waals surface area contributed by atoms with Crippen molar-refractivity contribution in [2.45, 2.75) is 81.1 Å². The Morgan fingerprint density at radius 1 is 0.528 bits per heavy atom. The highest BCUT2D eigenvalue weighted by Crippen LogP contribution is 2.05. The van der Waals surface area contributed by atoms with Crippen molar-refractivity contribution < 1.29 is 0 Å². The van der Waals surface area contributed by atoms with Crippen molar-refractivity contribution in [3.63, 3.8) is 0 Å². The van der Waals surface area contributed by atoms with Crippen LogP contribution in [0, 0.1) is 11.8 Å². The Morgan fingerprint density at radius 3 is 1.28 bits per heavy atom. The van der Waals surface area contributed by atoms with Crippen molar-refractivity contribution in [1.29, 1.82) is 0 Å². The van der Waals surface area contributed by atoms with Crippen LogP contribution in [0.3, 0.4) is 0 Å². The lowest BCUT2D eigenvalue weighted by Gasteiger charge is -1.98. The van der Waals surface area contributed by atoms with Gasteiger partial charge in [0.1, 0.15) is 11.6 Å². The van der Waals surface area contributed by atoms with E-state index in [-0.39, 0.29) is 0 Å². The SMILES string of the molecule is CC(C)C.CC(C)C.CC(C)c1ncc[nH]1.CC(C)c1ncccn1.c1c[nH]cn1.c1ccncc1. The van der Waals surface area contributed by atoms with Gasteiger partial charge in [-0.2, -0.15) is 0 Å². The van der Waals surface area contributed by atoms with Gasteiger partial charge in [0, 0.05) is 61.4 Å². The summed E-state index contributed by atoms with van der Waals surface area (Å²) in [7, 11) is 0. The molecule has 36 heavy (non-hydrogen) atoms. The maximum absolute atomic E-state index is 4.07. The highest BCUT2D eigenvalue weighted by molar-refractivity contribution is 4.93. The van der Waals surface area contributed by atoms with Gasteiger partial charge in [-0.15, -0.1) is 0 Å². The van der Waals surface area contributed by atoms with Gasteiger partial charge in [0.05, 0.1) is 6.33 Å². The largest absolute Gasteiger partial charge is 0.351 e. The number of nitrogens with one attached hydrogen (secondary N) is 2. The van der Waals surface area contributed by atoms with Crippen LogP contribution in [0.1, 0.15) is 92.7 Å². The van der Waals surface area contributed by atoms with E-state index in [9.17, 15) is 0 Å². The molecule has 4 rings (SSSR count). The second-order valence-electron chi connectivity index (χ2n) is 9.64. The molecule has 0 saturated carbocycles. The average Bonchev–Trinajstić information content (AvgIpc) is 3.58. The summed E-state index contributed by atoms with van der Waals surface area (Å²) in [6, 6.07) is 7.54. The fourth-order valence-electron chi connectivity index (χ4n) is 1.73. The smallest absolute Gasteiger partial charge is 0.130 e. The van der Waals surface area contributed by atoms with E-state index in [1.54, 1.807) is 49.7 Å².